The zero-order valence-corrected chi connectivity index (χ0v) is 12.0. The van der Waals surface area contributed by atoms with Crippen molar-refractivity contribution >= 4 is 11.9 Å². The van der Waals surface area contributed by atoms with Gasteiger partial charge in [-0.15, -0.1) is 0 Å². The van der Waals surface area contributed by atoms with Gasteiger partial charge in [0.1, 0.15) is 12.4 Å². The molecule has 0 saturated heterocycles. The first-order valence-electron chi connectivity index (χ1n) is 5.85. The first kappa shape index (κ1) is 16.3. The minimum atomic E-state index is -3.56. The molecule has 0 atom stereocenters. The van der Waals surface area contributed by atoms with E-state index >= 15 is 0 Å². The van der Waals surface area contributed by atoms with E-state index in [9.17, 15) is 13.2 Å². The van der Waals surface area contributed by atoms with Gasteiger partial charge >= 0.3 is 0 Å². The van der Waals surface area contributed by atoms with Gasteiger partial charge in [0.05, 0.1) is 5.56 Å². The predicted molar refractivity (Wildman–Crippen MR) is 71.6 cm³/mol. The van der Waals surface area contributed by atoms with Gasteiger partial charge in [0.2, 0.25) is 0 Å². The molecule has 0 spiro atoms. The molecule has 0 aromatic heterocycles. The maximum absolute atomic E-state index is 13.9. The molecule has 0 aliphatic carbocycles. The average molecular weight is 293 g/mol. The molecule has 0 aliphatic heterocycles. The Hall–Kier alpha value is -0.720. The molecule has 2 nitrogen and oxygen atoms in total. The third-order valence-corrected chi connectivity index (χ3v) is 3.21. The minimum absolute atomic E-state index is 0.0525. The average Bonchev–Trinajstić information content (AvgIpc) is 2.29. The summed E-state index contributed by atoms with van der Waals surface area (Å²) in [5.74, 6) is -4.53. The Morgan fingerprint density at radius 3 is 2.42 bits per heavy atom. The van der Waals surface area contributed by atoms with E-state index in [1.165, 1.54) is 24.1 Å². The predicted octanol–water partition coefficient (Wildman–Crippen LogP) is 3.45. The smallest absolute Gasteiger partial charge is 0.298 e. The van der Waals surface area contributed by atoms with E-state index in [1.807, 2.05) is 20.8 Å². The fourth-order valence-electron chi connectivity index (χ4n) is 1.41. The van der Waals surface area contributed by atoms with Gasteiger partial charge in [0.15, 0.2) is 0 Å². The fourth-order valence-corrected chi connectivity index (χ4v) is 2.08. The monoisotopic (exact) mass is 293 g/mol. The summed E-state index contributed by atoms with van der Waals surface area (Å²) in [5.41, 5.74) is -0.613. The molecular weight excluding hydrogens is 275 g/mol. The Kier molecular flexibility index (Phi) is 5.29. The van der Waals surface area contributed by atoms with E-state index in [4.69, 9.17) is 5.11 Å². The Morgan fingerprint density at radius 2 is 1.89 bits per heavy atom. The molecule has 1 aromatic rings. The molecule has 0 radical (unpaired) electrons. The standard InChI is InChI=1S/C13H18F3NOS/c1-12(2,3)19-17-7-9-5-4-6-10(11(9)14)13(15,16)8-18/h4-6,17-18H,7-8H2,1-3H3. The van der Waals surface area contributed by atoms with Crippen LogP contribution in [-0.4, -0.2) is 16.5 Å². The zero-order valence-electron chi connectivity index (χ0n) is 11.1. The number of hydrogen-bond acceptors (Lipinski definition) is 3. The zero-order chi connectivity index (χ0) is 14.7. The van der Waals surface area contributed by atoms with Crippen LogP contribution < -0.4 is 4.72 Å². The normalized spacial score (nSPS) is 12.8. The highest BCUT2D eigenvalue weighted by molar-refractivity contribution is 7.98. The Bertz CT molecular complexity index is 432. The van der Waals surface area contributed by atoms with Crippen molar-refractivity contribution in [2.24, 2.45) is 0 Å². The van der Waals surface area contributed by atoms with Crippen LogP contribution >= 0.6 is 11.9 Å². The molecule has 0 saturated carbocycles. The first-order chi connectivity index (χ1) is 8.67. The fraction of sp³-hybridized carbons (Fsp3) is 0.538. The van der Waals surface area contributed by atoms with Crippen LogP contribution in [0.1, 0.15) is 31.9 Å². The van der Waals surface area contributed by atoms with Crippen LogP contribution in [0.5, 0.6) is 0 Å². The maximum atomic E-state index is 13.9. The second-order valence-electron chi connectivity index (χ2n) is 5.18. The number of nitrogens with one attached hydrogen (secondary N) is 1. The highest BCUT2D eigenvalue weighted by Crippen LogP contribution is 2.31. The van der Waals surface area contributed by atoms with Gasteiger partial charge < -0.3 is 5.11 Å². The largest absolute Gasteiger partial charge is 0.390 e. The summed E-state index contributed by atoms with van der Waals surface area (Å²) >= 11 is 1.40. The lowest BCUT2D eigenvalue weighted by atomic mass is 10.0. The second-order valence-corrected chi connectivity index (χ2v) is 6.89. The van der Waals surface area contributed by atoms with Crippen LogP contribution in [0.2, 0.25) is 0 Å². The molecule has 2 N–H and O–H groups in total. The molecule has 1 rings (SSSR count). The molecule has 0 heterocycles. The van der Waals surface area contributed by atoms with E-state index in [1.54, 1.807) is 0 Å². The Labute approximate surface area is 115 Å². The van der Waals surface area contributed by atoms with E-state index in [0.29, 0.717) is 0 Å². The topological polar surface area (TPSA) is 32.3 Å². The molecule has 1 aromatic carbocycles. The Morgan fingerprint density at radius 1 is 1.26 bits per heavy atom. The van der Waals surface area contributed by atoms with Gasteiger partial charge in [-0.05, 0) is 26.8 Å². The lowest BCUT2D eigenvalue weighted by Gasteiger charge is -2.19. The van der Waals surface area contributed by atoms with Crippen molar-refractivity contribution in [1.82, 2.24) is 4.72 Å². The summed E-state index contributed by atoms with van der Waals surface area (Å²) in [4.78, 5) is 0. The summed E-state index contributed by atoms with van der Waals surface area (Å²) in [7, 11) is 0. The van der Waals surface area contributed by atoms with E-state index < -0.39 is 23.9 Å². The number of alkyl halides is 2. The van der Waals surface area contributed by atoms with Crippen LogP contribution in [-0.2, 0) is 12.5 Å². The van der Waals surface area contributed by atoms with Gasteiger partial charge in [-0.25, -0.2) is 4.39 Å². The molecule has 108 valence electrons. The van der Waals surface area contributed by atoms with E-state index in [0.717, 1.165) is 6.07 Å². The minimum Gasteiger partial charge on any atom is -0.390 e. The third kappa shape index (κ3) is 4.71. The first-order valence-corrected chi connectivity index (χ1v) is 6.66. The number of halogens is 3. The SMILES string of the molecule is CC(C)(C)SNCc1cccc(C(F)(F)CO)c1F. The molecule has 19 heavy (non-hydrogen) atoms. The van der Waals surface area contributed by atoms with Gasteiger partial charge in [0, 0.05) is 16.9 Å². The third-order valence-electron chi connectivity index (χ3n) is 2.31. The van der Waals surface area contributed by atoms with Gasteiger partial charge in [-0.3, -0.25) is 4.72 Å². The maximum Gasteiger partial charge on any atom is 0.298 e. The van der Waals surface area contributed by atoms with Crippen molar-refractivity contribution in [2.45, 2.75) is 38.0 Å². The number of hydrogen-bond donors (Lipinski definition) is 2. The summed E-state index contributed by atoms with van der Waals surface area (Å²) in [6.07, 6.45) is 0. The number of aliphatic hydroxyl groups is 1. The van der Waals surface area contributed by atoms with Crippen LogP contribution in [0.4, 0.5) is 13.2 Å². The molecule has 0 unspecified atom stereocenters. The van der Waals surface area contributed by atoms with Crippen molar-refractivity contribution in [1.29, 1.82) is 0 Å². The summed E-state index contributed by atoms with van der Waals surface area (Å²) < 4.78 is 43.5. The summed E-state index contributed by atoms with van der Waals surface area (Å²) in [5, 5.41) is 8.61. The number of benzene rings is 1. The second kappa shape index (κ2) is 6.15. The molecule has 0 bridgehead atoms. The van der Waals surface area contributed by atoms with Crippen molar-refractivity contribution in [3.8, 4) is 0 Å². The number of aliphatic hydroxyl groups excluding tert-OH is 1. The summed E-state index contributed by atoms with van der Waals surface area (Å²) in [6.45, 7) is 4.69. The summed E-state index contributed by atoms with van der Waals surface area (Å²) in [6, 6.07) is 3.80. The van der Waals surface area contributed by atoms with Gasteiger partial charge in [-0.2, -0.15) is 8.78 Å². The van der Waals surface area contributed by atoms with Crippen LogP contribution in [0.15, 0.2) is 18.2 Å². The molecular formula is C13H18F3NOS. The van der Waals surface area contributed by atoms with Crippen LogP contribution in [0.25, 0.3) is 0 Å². The van der Waals surface area contributed by atoms with Crippen molar-refractivity contribution in [3.05, 3.63) is 35.1 Å². The lowest BCUT2D eigenvalue weighted by molar-refractivity contribution is -0.0583. The van der Waals surface area contributed by atoms with Gasteiger partial charge in [-0.1, -0.05) is 24.1 Å². The molecule has 0 amide bonds. The molecule has 6 heteroatoms. The van der Waals surface area contributed by atoms with Crippen molar-refractivity contribution in [3.63, 3.8) is 0 Å². The van der Waals surface area contributed by atoms with Crippen molar-refractivity contribution in [2.75, 3.05) is 6.61 Å². The highest BCUT2D eigenvalue weighted by Gasteiger charge is 2.34. The van der Waals surface area contributed by atoms with Crippen molar-refractivity contribution < 1.29 is 18.3 Å². The quantitative estimate of drug-likeness (QED) is 0.816. The van der Waals surface area contributed by atoms with E-state index in [2.05, 4.69) is 4.72 Å². The highest BCUT2D eigenvalue weighted by atomic mass is 32.2. The van der Waals surface area contributed by atoms with Crippen LogP contribution in [0.3, 0.4) is 0 Å². The van der Waals surface area contributed by atoms with Gasteiger partial charge in [0.25, 0.3) is 5.92 Å². The molecule has 0 aliphatic rings. The van der Waals surface area contributed by atoms with Crippen LogP contribution in [0, 0.1) is 5.82 Å². The molecule has 0 fully saturated rings. The Balaban J connectivity index is 2.84. The van der Waals surface area contributed by atoms with E-state index in [-0.39, 0.29) is 16.9 Å². The lowest BCUT2D eigenvalue weighted by Crippen LogP contribution is -2.22. The number of rotatable bonds is 5.